The number of nitrogens with zero attached hydrogens (tertiary/aromatic N) is 5. The zero-order chi connectivity index (χ0) is 18.5. The summed E-state index contributed by atoms with van der Waals surface area (Å²) in [5.41, 5.74) is 1.72. The molecule has 3 amide bonds. The van der Waals surface area contributed by atoms with Crippen molar-refractivity contribution in [3.63, 3.8) is 0 Å². The molecule has 1 unspecified atom stereocenters. The predicted molar refractivity (Wildman–Crippen MR) is 93.9 cm³/mol. The maximum atomic E-state index is 12.7. The van der Waals surface area contributed by atoms with Gasteiger partial charge in [0.25, 0.3) is 5.91 Å². The van der Waals surface area contributed by atoms with E-state index in [0.29, 0.717) is 28.7 Å². The summed E-state index contributed by atoms with van der Waals surface area (Å²) in [6, 6.07) is 2.69. The van der Waals surface area contributed by atoms with E-state index in [-0.39, 0.29) is 11.9 Å². The zero-order valence-corrected chi connectivity index (χ0v) is 15.1. The molecule has 0 aliphatic carbocycles. The van der Waals surface area contributed by atoms with Crippen LogP contribution in [0.2, 0.25) is 0 Å². The number of amides is 3. The molecule has 0 aromatic carbocycles. The van der Waals surface area contributed by atoms with Gasteiger partial charge in [0.15, 0.2) is 0 Å². The molecule has 1 aliphatic rings. The summed E-state index contributed by atoms with van der Waals surface area (Å²) in [5, 5.41) is 20.1. The monoisotopic (exact) mass is 374 g/mol. The van der Waals surface area contributed by atoms with Crippen molar-refractivity contribution in [2.75, 3.05) is 12.3 Å². The second kappa shape index (κ2) is 7.95. The summed E-state index contributed by atoms with van der Waals surface area (Å²) in [6.45, 7) is 2.14. The highest BCUT2D eigenvalue weighted by Gasteiger charge is 2.31. The standard InChI is InChI=1S/C15H18N8O2S/c1-9-11(12(19-14(25)18-9)10-4-3-5-16-8-10)13(24)17-6-7-26-15-20-21-22-23(15)2/h3-5,8,12H,6-7H2,1-2H3,(H,17,24)(H2,18,19,25). The molecule has 0 saturated heterocycles. The van der Waals surface area contributed by atoms with Crippen molar-refractivity contribution >= 4 is 23.7 Å². The van der Waals surface area contributed by atoms with Gasteiger partial charge in [-0.15, -0.1) is 5.10 Å². The van der Waals surface area contributed by atoms with Gasteiger partial charge in [-0.25, -0.2) is 9.48 Å². The number of carbonyl (C=O) groups is 2. The minimum absolute atomic E-state index is 0.249. The summed E-state index contributed by atoms with van der Waals surface area (Å²) < 4.78 is 1.57. The van der Waals surface area contributed by atoms with Gasteiger partial charge in [0.05, 0.1) is 11.6 Å². The Morgan fingerprint density at radius 2 is 2.31 bits per heavy atom. The van der Waals surface area contributed by atoms with Crippen LogP contribution in [0.3, 0.4) is 0 Å². The van der Waals surface area contributed by atoms with E-state index in [9.17, 15) is 9.59 Å². The maximum Gasteiger partial charge on any atom is 0.319 e. The van der Waals surface area contributed by atoms with E-state index in [1.807, 2.05) is 6.07 Å². The van der Waals surface area contributed by atoms with Gasteiger partial charge in [0.1, 0.15) is 0 Å². The first kappa shape index (κ1) is 17.9. The van der Waals surface area contributed by atoms with Crippen molar-refractivity contribution in [2.45, 2.75) is 18.1 Å². The molecular weight excluding hydrogens is 356 g/mol. The van der Waals surface area contributed by atoms with Crippen LogP contribution in [0.15, 0.2) is 41.0 Å². The Balaban J connectivity index is 1.66. The van der Waals surface area contributed by atoms with Gasteiger partial charge in [0, 0.05) is 37.4 Å². The van der Waals surface area contributed by atoms with Gasteiger partial charge in [0.2, 0.25) is 5.16 Å². The molecule has 1 aliphatic heterocycles. The quantitative estimate of drug-likeness (QED) is 0.485. The maximum absolute atomic E-state index is 12.7. The highest BCUT2D eigenvalue weighted by molar-refractivity contribution is 7.99. The van der Waals surface area contributed by atoms with Crippen LogP contribution in [-0.2, 0) is 11.8 Å². The van der Waals surface area contributed by atoms with Crippen LogP contribution in [0.1, 0.15) is 18.5 Å². The number of nitrogens with one attached hydrogen (secondary N) is 3. The number of carbonyl (C=O) groups excluding carboxylic acids is 2. The van der Waals surface area contributed by atoms with E-state index in [1.165, 1.54) is 11.8 Å². The molecule has 136 valence electrons. The molecule has 2 aromatic rings. The number of hydrogen-bond donors (Lipinski definition) is 3. The fourth-order valence-electron chi connectivity index (χ4n) is 2.54. The second-order valence-corrected chi connectivity index (χ2v) is 6.61. The first-order chi connectivity index (χ1) is 12.6. The third-order valence-electron chi connectivity index (χ3n) is 3.73. The Bertz CT molecular complexity index is 835. The Hall–Kier alpha value is -2.95. The molecule has 26 heavy (non-hydrogen) atoms. The number of urea groups is 1. The molecule has 0 fully saturated rings. The van der Waals surface area contributed by atoms with Crippen molar-refractivity contribution < 1.29 is 9.59 Å². The Morgan fingerprint density at radius 1 is 1.46 bits per heavy atom. The van der Waals surface area contributed by atoms with Crippen molar-refractivity contribution in [1.82, 2.24) is 41.1 Å². The number of tetrazole rings is 1. The first-order valence-electron chi connectivity index (χ1n) is 7.88. The average molecular weight is 374 g/mol. The summed E-state index contributed by atoms with van der Waals surface area (Å²) in [7, 11) is 1.75. The molecule has 0 saturated carbocycles. The number of thioether (sulfide) groups is 1. The lowest BCUT2D eigenvalue weighted by molar-refractivity contribution is -0.117. The van der Waals surface area contributed by atoms with E-state index in [0.717, 1.165) is 5.56 Å². The summed E-state index contributed by atoms with van der Waals surface area (Å²) >= 11 is 1.44. The van der Waals surface area contributed by atoms with E-state index < -0.39 is 6.04 Å². The smallest absolute Gasteiger partial charge is 0.319 e. The van der Waals surface area contributed by atoms with E-state index in [2.05, 4.69) is 36.5 Å². The van der Waals surface area contributed by atoms with Crippen LogP contribution < -0.4 is 16.0 Å². The highest BCUT2D eigenvalue weighted by atomic mass is 32.2. The molecule has 11 heteroatoms. The number of rotatable bonds is 6. The molecular formula is C15H18N8O2S. The molecule has 10 nitrogen and oxygen atoms in total. The van der Waals surface area contributed by atoms with Crippen molar-refractivity contribution in [3.05, 3.63) is 41.4 Å². The lowest BCUT2D eigenvalue weighted by atomic mass is 9.96. The van der Waals surface area contributed by atoms with Gasteiger partial charge in [-0.2, -0.15) is 0 Å². The zero-order valence-electron chi connectivity index (χ0n) is 14.3. The number of aryl methyl sites for hydroxylation is 1. The molecule has 3 heterocycles. The largest absolute Gasteiger partial charge is 0.351 e. The molecule has 0 radical (unpaired) electrons. The third-order valence-corrected chi connectivity index (χ3v) is 4.74. The van der Waals surface area contributed by atoms with E-state index >= 15 is 0 Å². The highest BCUT2D eigenvalue weighted by Crippen LogP contribution is 2.26. The topological polar surface area (TPSA) is 127 Å². The lowest BCUT2D eigenvalue weighted by Crippen LogP contribution is -2.47. The van der Waals surface area contributed by atoms with Gasteiger partial charge in [-0.05, 0) is 29.0 Å². The molecule has 1 atom stereocenters. The average Bonchev–Trinajstić information content (AvgIpc) is 3.03. The number of pyridine rings is 1. The van der Waals surface area contributed by atoms with E-state index in [4.69, 9.17) is 0 Å². The van der Waals surface area contributed by atoms with Crippen LogP contribution in [-0.4, -0.2) is 49.4 Å². The second-order valence-electron chi connectivity index (χ2n) is 5.55. The minimum Gasteiger partial charge on any atom is -0.351 e. The molecule has 3 N–H and O–H groups in total. The first-order valence-corrected chi connectivity index (χ1v) is 8.86. The van der Waals surface area contributed by atoms with Crippen LogP contribution in [0.25, 0.3) is 0 Å². The summed E-state index contributed by atoms with van der Waals surface area (Å²) in [6.07, 6.45) is 3.27. The van der Waals surface area contributed by atoms with Gasteiger partial charge in [-0.1, -0.05) is 17.8 Å². The number of hydrogen-bond acceptors (Lipinski definition) is 7. The third kappa shape index (κ3) is 3.99. The molecule has 3 rings (SSSR count). The summed E-state index contributed by atoms with van der Waals surface area (Å²) in [5.74, 6) is 0.365. The number of allylic oxidation sites excluding steroid dienone is 1. The van der Waals surface area contributed by atoms with Crippen molar-refractivity contribution in [1.29, 1.82) is 0 Å². The Labute approximate surface area is 153 Å². The molecule has 0 spiro atoms. The van der Waals surface area contributed by atoms with Gasteiger partial charge < -0.3 is 16.0 Å². The molecule has 2 aromatic heterocycles. The Kier molecular flexibility index (Phi) is 5.46. The van der Waals surface area contributed by atoms with Crippen LogP contribution in [0.4, 0.5) is 4.79 Å². The lowest BCUT2D eigenvalue weighted by Gasteiger charge is -2.28. The van der Waals surface area contributed by atoms with Crippen LogP contribution in [0, 0.1) is 0 Å². The van der Waals surface area contributed by atoms with Crippen LogP contribution in [0.5, 0.6) is 0 Å². The molecule has 0 bridgehead atoms. The number of aromatic nitrogens is 5. The summed E-state index contributed by atoms with van der Waals surface area (Å²) in [4.78, 5) is 28.6. The van der Waals surface area contributed by atoms with E-state index in [1.54, 1.807) is 37.1 Å². The SMILES string of the molecule is CC1=C(C(=O)NCCSc2nnnn2C)C(c2cccnc2)NC(=O)N1. The van der Waals surface area contributed by atoms with Gasteiger partial charge >= 0.3 is 6.03 Å². The Morgan fingerprint density at radius 3 is 3.00 bits per heavy atom. The predicted octanol–water partition coefficient (Wildman–Crippen LogP) is 0.141. The van der Waals surface area contributed by atoms with Crippen molar-refractivity contribution in [2.24, 2.45) is 7.05 Å². The minimum atomic E-state index is -0.548. The fourth-order valence-corrected chi connectivity index (χ4v) is 3.24. The fraction of sp³-hybridized carbons (Fsp3) is 0.333. The van der Waals surface area contributed by atoms with Gasteiger partial charge in [-0.3, -0.25) is 9.78 Å². The van der Waals surface area contributed by atoms with Crippen molar-refractivity contribution in [3.8, 4) is 0 Å². The normalized spacial score (nSPS) is 16.8. The van der Waals surface area contributed by atoms with Crippen LogP contribution >= 0.6 is 11.8 Å².